The van der Waals surface area contributed by atoms with Crippen LogP contribution in [0.15, 0.2) is 22.8 Å². The molecule has 1 amide bonds. The molecule has 0 aliphatic heterocycles. The molecule has 24 heavy (non-hydrogen) atoms. The third-order valence-corrected chi connectivity index (χ3v) is 5.85. The largest absolute Gasteiger partial charge is 0.478 e. The fraction of sp³-hybridized carbons (Fsp3) is 0.444. The Hall–Kier alpha value is -2.08. The molecule has 3 rings (SSSR count). The predicted octanol–water partition coefficient (Wildman–Crippen LogP) is 4.44. The molecule has 2 heterocycles. The quantitative estimate of drug-likeness (QED) is 0.860. The monoisotopic (exact) mass is 347 g/mol. The van der Waals surface area contributed by atoms with Crippen molar-refractivity contribution >= 4 is 28.2 Å². The smallest absolute Gasteiger partial charge is 0.339 e. The topological polar surface area (TPSA) is 79.5 Å². The summed E-state index contributed by atoms with van der Waals surface area (Å²) in [6, 6.07) is 3.18. The molecule has 1 atom stereocenters. The maximum absolute atomic E-state index is 12.2. The molecule has 2 N–H and O–H groups in total. The molecule has 2 aromatic heterocycles. The van der Waals surface area contributed by atoms with Crippen molar-refractivity contribution in [1.82, 2.24) is 0 Å². The van der Waals surface area contributed by atoms with Crippen molar-refractivity contribution in [2.24, 2.45) is 11.3 Å². The van der Waals surface area contributed by atoms with Crippen LogP contribution in [0.25, 0.3) is 0 Å². The molecule has 6 heteroatoms. The van der Waals surface area contributed by atoms with Gasteiger partial charge in [0.1, 0.15) is 5.00 Å². The van der Waals surface area contributed by atoms with Gasteiger partial charge in [-0.2, -0.15) is 0 Å². The highest BCUT2D eigenvalue weighted by Gasteiger charge is 2.34. The first kappa shape index (κ1) is 16.8. The number of hydrogen-bond acceptors (Lipinski definition) is 4. The van der Waals surface area contributed by atoms with Crippen molar-refractivity contribution in [2.75, 3.05) is 5.32 Å². The van der Waals surface area contributed by atoms with Gasteiger partial charge >= 0.3 is 5.97 Å². The highest BCUT2D eigenvalue weighted by atomic mass is 32.1. The highest BCUT2D eigenvalue weighted by Crippen LogP contribution is 2.44. The molecule has 0 spiro atoms. The van der Waals surface area contributed by atoms with E-state index in [2.05, 4.69) is 26.1 Å². The Morgan fingerprint density at radius 2 is 2.12 bits per heavy atom. The molecule has 1 unspecified atom stereocenters. The average Bonchev–Trinajstić information content (AvgIpc) is 3.12. The molecule has 128 valence electrons. The van der Waals surface area contributed by atoms with Crippen molar-refractivity contribution in [2.45, 2.75) is 40.0 Å². The molecule has 0 bridgehead atoms. The molecule has 2 aromatic rings. The average molecular weight is 347 g/mol. The van der Waals surface area contributed by atoms with Crippen LogP contribution in [0.5, 0.6) is 0 Å². The summed E-state index contributed by atoms with van der Waals surface area (Å²) in [5.41, 5.74) is 1.30. The molecule has 0 saturated carbocycles. The number of carboxylic acids is 1. The fourth-order valence-electron chi connectivity index (χ4n) is 3.21. The molecule has 1 aliphatic rings. The van der Waals surface area contributed by atoms with Crippen LogP contribution < -0.4 is 5.32 Å². The van der Waals surface area contributed by atoms with Gasteiger partial charge in [-0.1, -0.05) is 20.8 Å². The zero-order chi connectivity index (χ0) is 17.5. The Labute approximate surface area is 144 Å². The number of furan rings is 1. The second-order valence-electron chi connectivity index (χ2n) is 7.25. The number of aromatic carboxylic acids is 1. The number of carbonyl (C=O) groups is 2. The van der Waals surface area contributed by atoms with Crippen molar-refractivity contribution in [3.05, 3.63) is 40.2 Å². The van der Waals surface area contributed by atoms with Gasteiger partial charge in [0.05, 0.1) is 11.8 Å². The number of rotatable bonds is 3. The van der Waals surface area contributed by atoms with Crippen LogP contribution in [0.2, 0.25) is 0 Å². The lowest BCUT2D eigenvalue weighted by molar-refractivity contribution is 0.0696. The van der Waals surface area contributed by atoms with Crippen molar-refractivity contribution in [1.29, 1.82) is 0 Å². The number of hydrogen-bond donors (Lipinski definition) is 2. The molecule has 0 radical (unpaired) electrons. The van der Waals surface area contributed by atoms with Gasteiger partial charge in [0.2, 0.25) is 0 Å². The first-order valence-corrected chi connectivity index (χ1v) is 8.81. The van der Waals surface area contributed by atoms with E-state index in [-0.39, 0.29) is 16.7 Å². The molecular weight excluding hydrogens is 326 g/mol. The Balaban J connectivity index is 1.92. The van der Waals surface area contributed by atoms with Gasteiger partial charge in [-0.05, 0) is 48.3 Å². The predicted molar refractivity (Wildman–Crippen MR) is 92.9 cm³/mol. The van der Waals surface area contributed by atoms with Crippen LogP contribution in [0.3, 0.4) is 0 Å². The molecule has 0 aromatic carbocycles. The normalized spacial score (nSPS) is 17.4. The maximum Gasteiger partial charge on any atom is 0.339 e. The van der Waals surface area contributed by atoms with Crippen LogP contribution >= 0.6 is 11.3 Å². The van der Waals surface area contributed by atoms with Gasteiger partial charge in [0.15, 0.2) is 5.76 Å². The van der Waals surface area contributed by atoms with Gasteiger partial charge < -0.3 is 14.8 Å². The van der Waals surface area contributed by atoms with Crippen molar-refractivity contribution in [3.8, 4) is 0 Å². The second-order valence-corrected chi connectivity index (χ2v) is 8.36. The molecule has 5 nitrogen and oxygen atoms in total. The van der Waals surface area contributed by atoms with Crippen LogP contribution in [-0.4, -0.2) is 17.0 Å². The van der Waals surface area contributed by atoms with Gasteiger partial charge in [-0.15, -0.1) is 11.3 Å². The third kappa shape index (κ3) is 3.11. The lowest BCUT2D eigenvalue weighted by Gasteiger charge is -2.33. The number of anilines is 1. The lowest BCUT2D eigenvalue weighted by Crippen LogP contribution is -2.26. The van der Waals surface area contributed by atoms with E-state index in [1.54, 1.807) is 12.1 Å². The summed E-state index contributed by atoms with van der Waals surface area (Å²) < 4.78 is 5.08. The van der Waals surface area contributed by atoms with Crippen molar-refractivity contribution < 1.29 is 19.1 Å². The molecule has 1 aliphatic carbocycles. The minimum Gasteiger partial charge on any atom is -0.478 e. The fourth-order valence-corrected chi connectivity index (χ4v) is 4.53. The number of carboxylic acid groups (broad SMARTS) is 1. The Morgan fingerprint density at radius 1 is 1.38 bits per heavy atom. The molecule has 0 saturated heterocycles. The summed E-state index contributed by atoms with van der Waals surface area (Å²) in [4.78, 5) is 25.0. The summed E-state index contributed by atoms with van der Waals surface area (Å²) in [6.07, 6.45) is 3.99. The van der Waals surface area contributed by atoms with Gasteiger partial charge in [-0.25, -0.2) is 4.79 Å². The van der Waals surface area contributed by atoms with Crippen molar-refractivity contribution in [3.63, 3.8) is 0 Å². The minimum absolute atomic E-state index is 0.172. The van der Waals surface area contributed by atoms with E-state index < -0.39 is 11.9 Å². The maximum atomic E-state index is 12.2. The Bertz CT molecular complexity index is 768. The summed E-state index contributed by atoms with van der Waals surface area (Å²) in [6.45, 7) is 6.65. The van der Waals surface area contributed by atoms with Crippen LogP contribution in [0, 0.1) is 11.3 Å². The standard InChI is InChI=1S/C18H21NO4S/c1-18(2,3)10-6-7-11-13(9-10)24-16(14(11)17(21)22)19-15(20)12-5-4-8-23-12/h4-5,8,10H,6-7,9H2,1-3H3,(H,19,20)(H,21,22). The first-order chi connectivity index (χ1) is 11.3. The number of nitrogens with one attached hydrogen (secondary N) is 1. The molecule has 0 fully saturated rings. The molecular formula is C18H21NO4S. The Kier molecular flexibility index (Phi) is 4.25. The SMILES string of the molecule is CC(C)(C)C1CCc2c(sc(NC(=O)c3ccco3)c2C(=O)O)C1. The second kappa shape index (κ2) is 6.09. The van der Waals surface area contributed by atoms with E-state index in [1.807, 2.05) is 0 Å². The van der Waals surface area contributed by atoms with Crippen LogP contribution in [-0.2, 0) is 12.8 Å². The Morgan fingerprint density at radius 3 is 2.71 bits per heavy atom. The summed E-state index contributed by atoms with van der Waals surface area (Å²) in [7, 11) is 0. The first-order valence-electron chi connectivity index (χ1n) is 8.00. The number of amides is 1. The van der Waals surface area contributed by atoms with Crippen LogP contribution in [0.1, 0.15) is 58.5 Å². The number of carbonyl (C=O) groups excluding carboxylic acids is 1. The van der Waals surface area contributed by atoms with E-state index in [4.69, 9.17) is 4.42 Å². The van der Waals surface area contributed by atoms with Gasteiger partial charge in [0, 0.05) is 4.88 Å². The summed E-state index contributed by atoms with van der Waals surface area (Å²) >= 11 is 1.38. The van der Waals surface area contributed by atoms with E-state index in [0.29, 0.717) is 10.9 Å². The number of thiophene rings is 1. The lowest BCUT2D eigenvalue weighted by atomic mass is 9.72. The van der Waals surface area contributed by atoms with E-state index >= 15 is 0 Å². The summed E-state index contributed by atoms with van der Waals surface area (Å²) in [5, 5.41) is 12.7. The van der Waals surface area contributed by atoms with E-state index in [9.17, 15) is 14.7 Å². The van der Waals surface area contributed by atoms with Gasteiger partial charge in [-0.3, -0.25) is 4.79 Å². The zero-order valence-corrected chi connectivity index (χ0v) is 14.8. The minimum atomic E-state index is -0.989. The van der Waals surface area contributed by atoms with E-state index in [0.717, 1.165) is 29.7 Å². The number of fused-ring (bicyclic) bond motifs is 1. The van der Waals surface area contributed by atoms with E-state index in [1.165, 1.54) is 17.6 Å². The zero-order valence-electron chi connectivity index (χ0n) is 14.0. The van der Waals surface area contributed by atoms with Gasteiger partial charge in [0.25, 0.3) is 5.91 Å². The van der Waals surface area contributed by atoms with Crippen LogP contribution in [0.4, 0.5) is 5.00 Å². The summed E-state index contributed by atoms with van der Waals surface area (Å²) in [5.74, 6) is -0.728. The third-order valence-electron chi connectivity index (χ3n) is 4.68. The highest BCUT2D eigenvalue weighted by molar-refractivity contribution is 7.17.